The van der Waals surface area contributed by atoms with Crippen LogP contribution < -0.4 is 0 Å². The molecule has 2 nitrogen and oxygen atoms in total. The van der Waals surface area contributed by atoms with E-state index in [2.05, 4.69) is 29.7 Å². The smallest absolute Gasteiger partial charge is 0.0882 e. The van der Waals surface area contributed by atoms with E-state index in [0.29, 0.717) is 0 Å². The van der Waals surface area contributed by atoms with E-state index in [-0.39, 0.29) is 0 Å². The van der Waals surface area contributed by atoms with E-state index in [4.69, 9.17) is 0 Å². The van der Waals surface area contributed by atoms with Gasteiger partial charge in [0.2, 0.25) is 0 Å². The van der Waals surface area contributed by atoms with Crippen LogP contribution in [0.3, 0.4) is 0 Å². The zero-order valence-corrected chi connectivity index (χ0v) is 13.2. The highest BCUT2D eigenvalue weighted by Gasteiger charge is 2.04. The molecule has 0 amide bonds. The molecule has 0 N–H and O–H groups in total. The Morgan fingerprint density at radius 3 is 2.05 bits per heavy atom. The Balaban J connectivity index is 5.79. The minimum Gasteiger partial charge on any atom is -0.255 e. The van der Waals surface area contributed by atoms with Gasteiger partial charge in [-0.05, 0) is 38.5 Å². The molecule has 0 rings (SSSR count). The summed E-state index contributed by atoms with van der Waals surface area (Å²) in [5.41, 5.74) is 3.13. The van der Waals surface area contributed by atoms with Gasteiger partial charge in [0.25, 0.3) is 0 Å². The van der Waals surface area contributed by atoms with Crippen molar-refractivity contribution in [3.8, 4) is 0 Å². The molecule has 0 aromatic rings. The van der Waals surface area contributed by atoms with Gasteiger partial charge in [-0.1, -0.05) is 56.2 Å². The van der Waals surface area contributed by atoms with E-state index in [1.165, 1.54) is 0 Å². The van der Waals surface area contributed by atoms with Gasteiger partial charge in [-0.3, -0.25) is 4.99 Å². The molecule has 0 spiro atoms. The van der Waals surface area contributed by atoms with Crippen molar-refractivity contribution >= 4 is 11.9 Å². The molecule has 0 aromatic carbocycles. The first-order valence-corrected chi connectivity index (χ1v) is 6.82. The predicted molar refractivity (Wildman–Crippen MR) is 96.9 cm³/mol. The molecule has 0 aliphatic rings. The summed E-state index contributed by atoms with van der Waals surface area (Å²) in [6.45, 7) is 17.2. The Bertz CT molecular complexity index is 550. The molecule has 0 heterocycles. The van der Waals surface area contributed by atoms with E-state index in [1.807, 2.05) is 57.2 Å². The quantitative estimate of drug-likeness (QED) is 0.422. The zero-order chi connectivity index (χ0) is 16.1. The molecule has 0 bridgehead atoms. The van der Waals surface area contributed by atoms with Crippen molar-refractivity contribution in [2.24, 2.45) is 9.98 Å². The standard InChI is InChI=1S/C19H24N2/c1-7-12-16(6)18(13-8-2)21-17(11-5)19(14-9-3)20-15-10-4/h7-15H,3-4,6H2,1-2,5H3/b12-7-,13-8-,17-11-,19-14-,20-15?,21-18+. The molecular weight excluding hydrogens is 256 g/mol. The molecule has 0 unspecified atom stereocenters. The highest BCUT2D eigenvalue weighted by atomic mass is 14.9. The van der Waals surface area contributed by atoms with Gasteiger partial charge in [0.05, 0.1) is 17.1 Å². The molecule has 0 fully saturated rings. The molecular formula is C19H24N2. The van der Waals surface area contributed by atoms with Crippen molar-refractivity contribution in [3.63, 3.8) is 0 Å². The van der Waals surface area contributed by atoms with Gasteiger partial charge in [-0.25, -0.2) is 4.99 Å². The van der Waals surface area contributed by atoms with Crippen LogP contribution in [0, 0.1) is 0 Å². The molecule has 0 aliphatic carbocycles. The molecule has 0 aromatic heterocycles. The maximum absolute atomic E-state index is 4.65. The van der Waals surface area contributed by atoms with E-state index >= 15 is 0 Å². The summed E-state index contributed by atoms with van der Waals surface area (Å²) >= 11 is 0. The molecule has 0 saturated heterocycles. The Hall–Kier alpha value is -2.48. The summed E-state index contributed by atoms with van der Waals surface area (Å²) in [4.78, 5) is 8.97. The van der Waals surface area contributed by atoms with Gasteiger partial charge in [-0.15, -0.1) is 0 Å². The first kappa shape index (κ1) is 18.5. The van der Waals surface area contributed by atoms with Crippen LogP contribution in [0.2, 0.25) is 0 Å². The monoisotopic (exact) mass is 280 g/mol. The third kappa shape index (κ3) is 7.02. The summed E-state index contributed by atoms with van der Waals surface area (Å²) in [6.07, 6.45) is 16.4. The summed E-state index contributed by atoms with van der Waals surface area (Å²) in [7, 11) is 0. The molecule has 0 aliphatic heterocycles. The average Bonchev–Trinajstić information content (AvgIpc) is 2.48. The second-order valence-corrected chi connectivity index (χ2v) is 4.00. The largest absolute Gasteiger partial charge is 0.255 e. The fourth-order valence-corrected chi connectivity index (χ4v) is 1.50. The van der Waals surface area contributed by atoms with Crippen molar-refractivity contribution in [1.82, 2.24) is 0 Å². The second-order valence-electron chi connectivity index (χ2n) is 4.00. The molecule has 0 saturated carbocycles. The average molecular weight is 280 g/mol. The molecule has 0 atom stereocenters. The second kappa shape index (κ2) is 11.4. The molecule has 2 heteroatoms. The Labute approximate surface area is 128 Å². The molecule has 0 radical (unpaired) electrons. The van der Waals surface area contributed by atoms with Gasteiger partial charge in [0.15, 0.2) is 0 Å². The van der Waals surface area contributed by atoms with Crippen LogP contribution in [0.25, 0.3) is 0 Å². The number of aliphatic imine (C=N–C) groups is 2. The third-order valence-corrected chi connectivity index (χ3v) is 2.39. The van der Waals surface area contributed by atoms with E-state index in [0.717, 1.165) is 22.7 Å². The van der Waals surface area contributed by atoms with Crippen molar-refractivity contribution in [1.29, 1.82) is 0 Å². The van der Waals surface area contributed by atoms with Crippen LogP contribution in [-0.2, 0) is 0 Å². The highest BCUT2D eigenvalue weighted by molar-refractivity contribution is 6.10. The lowest BCUT2D eigenvalue weighted by molar-refractivity contribution is 1.23. The minimum absolute atomic E-state index is 0.725. The molecule has 110 valence electrons. The highest BCUT2D eigenvalue weighted by Crippen LogP contribution is 2.16. The summed E-state index contributed by atoms with van der Waals surface area (Å²) < 4.78 is 0. The number of allylic oxidation sites excluding steroid dienone is 9. The predicted octanol–water partition coefficient (Wildman–Crippen LogP) is 5.37. The van der Waals surface area contributed by atoms with Crippen molar-refractivity contribution < 1.29 is 0 Å². The topological polar surface area (TPSA) is 24.7 Å². The van der Waals surface area contributed by atoms with Crippen molar-refractivity contribution in [2.75, 3.05) is 0 Å². The molecule has 21 heavy (non-hydrogen) atoms. The lowest BCUT2D eigenvalue weighted by atomic mass is 10.1. The third-order valence-electron chi connectivity index (χ3n) is 2.39. The normalized spacial score (nSPS) is 14.3. The van der Waals surface area contributed by atoms with Gasteiger partial charge in [0.1, 0.15) is 0 Å². The van der Waals surface area contributed by atoms with Gasteiger partial charge in [-0.2, -0.15) is 0 Å². The van der Waals surface area contributed by atoms with Gasteiger partial charge in [0, 0.05) is 6.21 Å². The lowest BCUT2D eigenvalue weighted by Crippen LogP contribution is -1.98. The minimum atomic E-state index is 0.725. The van der Waals surface area contributed by atoms with Crippen LogP contribution in [0.1, 0.15) is 20.8 Å². The van der Waals surface area contributed by atoms with E-state index in [1.54, 1.807) is 18.4 Å². The van der Waals surface area contributed by atoms with Gasteiger partial charge < -0.3 is 0 Å². The summed E-state index contributed by atoms with van der Waals surface area (Å²) in [5, 5.41) is 0. The van der Waals surface area contributed by atoms with Crippen LogP contribution in [0.4, 0.5) is 0 Å². The Kier molecular flexibility index (Phi) is 10.0. The Morgan fingerprint density at radius 2 is 1.57 bits per heavy atom. The Morgan fingerprint density at radius 1 is 0.905 bits per heavy atom. The number of nitrogens with zero attached hydrogens (tertiary/aromatic N) is 2. The van der Waals surface area contributed by atoms with Crippen LogP contribution in [-0.4, -0.2) is 11.9 Å². The SMILES string of the molecule is C=CC=NC(=C\C=C)/C(=C/C)/N=C(\C=C/C)C(=C)/C=C\C. The van der Waals surface area contributed by atoms with E-state index in [9.17, 15) is 0 Å². The first-order valence-electron chi connectivity index (χ1n) is 6.82. The van der Waals surface area contributed by atoms with Crippen LogP contribution in [0.5, 0.6) is 0 Å². The fourth-order valence-electron chi connectivity index (χ4n) is 1.50. The summed E-state index contributed by atoms with van der Waals surface area (Å²) in [6, 6.07) is 0. The maximum Gasteiger partial charge on any atom is 0.0882 e. The first-order chi connectivity index (χ1) is 10.1. The van der Waals surface area contributed by atoms with Crippen LogP contribution in [0.15, 0.2) is 95.3 Å². The van der Waals surface area contributed by atoms with Crippen molar-refractivity contribution in [2.45, 2.75) is 20.8 Å². The zero-order valence-electron chi connectivity index (χ0n) is 13.2. The number of hydrogen-bond acceptors (Lipinski definition) is 2. The number of hydrogen-bond donors (Lipinski definition) is 0. The van der Waals surface area contributed by atoms with Crippen molar-refractivity contribution in [3.05, 3.63) is 85.3 Å². The summed E-state index contributed by atoms with van der Waals surface area (Å²) in [5.74, 6) is 0. The number of rotatable bonds is 8. The fraction of sp³-hybridized carbons (Fsp3) is 0.158. The van der Waals surface area contributed by atoms with E-state index < -0.39 is 0 Å². The van der Waals surface area contributed by atoms with Gasteiger partial charge >= 0.3 is 0 Å². The lowest BCUT2D eigenvalue weighted by Gasteiger charge is -2.06. The van der Waals surface area contributed by atoms with Crippen LogP contribution >= 0.6 is 0 Å². The maximum atomic E-state index is 4.65.